The van der Waals surface area contributed by atoms with Gasteiger partial charge >= 0.3 is 0 Å². The molecule has 4 nitrogen and oxygen atoms in total. The van der Waals surface area contributed by atoms with Crippen molar-refractivity contribution >= 4 is 27.4 Å². The fourth-order valence-electron chi connectivity index (χ4n) is 2.57. The lowest BCUT2D eigenvalue weighted by Gasteiger charge is -2.28. The molecule has 0 aromatic carbocycles. The highest BCUT2D eigenvalue weighted by Crippen LogP contribution is 2.35. The molecule has 0 amide bonds. The van der Waals surface area contributed by atoms with Crippen molar-refractivity contribution in [1.82, 2.24) is 9.97 Å². The molecule has 21 heavy (non-hydrogen) atoms. The van der Waals surface area contributed by atoms with Crippen LogP contribution in [0.4, 0.5) is 5.82 Å². The first-order valence-electron chi connectivity index (χ1n) is 7.67. The van der Waals surface area contributed by atoms with Crippen LogP contribution >= 0.6 is 11.3 Å². The second-order valence-electron chi connectivity index (χ2n) is 5.30. The lowest BCUT2D eigenvalue weighted by Crippen LogP contribution is -2.29. The number of anilines is 1. The molecule has 0 unspecified atom stereocenters. The summed E-state index contributed by atoms with van der Waals surface area (Å²) in [6.07, 6.45) is 2.80. The number of nitrogens with zero attached hydrogens (tertiary/aromatic N) is 2. The van der Waals surface area contributed by atoms with Crippen LogP contribution in [0.1, 0.15) is 50.7 Å². The highest BCUT2D eigenvalue weighted by molar-refractivity contribution is 7.18. The largest absolute Gasteiger partial charge is 0.370 e. The van der Waals surface area contributed by atoms with Crippen LogP contribution in [0, 0.1) is 6.92 Å². The Bertz CT molecular complexity index is 597. The molecule has 116 valence electrons. The number of ether oxygens (including phenoxy) is 1. The number of methoxy groups -OCH3 is 1. The molecule has 2 aromatic heterocycles. The molecule has 0 atom stereocenters. The molecule has 0 spiro atoms. The molecule has 2 heterocycles. The van der Waals surface area contributed by atoms with Crippen LogP contribution in [-0.4, -0.2) is 23.6 Å². The number of fused-ring (bicyclic) bond motifs is 1. The number of aromatic nitrogens is 2. The predicted octanol–water partition coefficient (Wildman–Crippen LogP) is 4.48. The van der Waals surface area contributed by atoms with Crippen LogP contribution < -0.4 is 5.32 Å². The third kappa shape index (κ3) is 3.04. The van der Waals surface area contributed by atoms with Crippen LogP contribution in [-0.2, 0) is 10.3 Å². The summed E-state index contributed by atoms with van der Waals surface area (Å²) in [5.41, 5.74) is -0.394. The van der Waals surface area contributed by atoms with Gasteiger partial charge in [0.25, 0.3) is 0 Å². The van der Waals surface area contributed by atoms with Crippen molar-refractivity contribution in [2.45, 2.75) is 52.6 Å². The van der Waals surface area contributed by atoms with Crippen molar-refractivity contribution in [2.75, 3.05) is 19.0 Å². The predicted molar refractivity (Wildman–Crippen MR) is 90.2 cm³/mol. The van der Waals surface area contributed by atoms with Gasteiger partial charge in [0.1, 0.15) is 16.2 Å². The van der Waals surface area contributed by atoms with Crippen LogP contribution in [0.2, 0.25) is 0 Å². The topological polar surface area (TPSA) is 47.0 Å². The van der Waals surface area contributed by atoms with Crippen molar-refractivity contribution in [1.29, 1.82) is 0 Å². The molecule has 0 fully saturated rings. The third-order valence-electron chi connectivity index (χ3n) is 4.00. The van der Waals surface area contributed by atoms with Crippen LogP contribution in [0.15, 0.2) is 6.07 Å². The summed E-state index contributed by atoms with van der Waals surface area (Å²) in [6, 6.07) is 2.16. The number of rotatable bonds is 7. The second-order valence-corrected chi connectivity index (χ2v) is 6.54. The van der Waals surface area contributed by atoms with E-state index in [1.807, 2.05) is 0 Å². The Balaban J connectivity index is 2.59. The zero-order valence-electron chi connectivity index (χ0n) is 13.6. The van der Waals surface area contributed by atoms with Gasteiger partial charge < -0.3 is 10.1 Å². The first-order valence-corrected chi connectivity index (χ1v) is 8.49. The number of hydrogen-bond donors (Lipinski definition) is 1. The van der Waals surface area contributed by atoms with Gasteiger partial charge in [-0.15, -0.1) is 11.3 Å². The van der Waals surface area contributed by atoms with Gasteiger partial charge in [-0.2, -0.15) is 0 Å². The molecule has 0 aliphatic rings. The van der Waals surface area contributed by atoms with E-state index in [9.17, 15) is 0 Å². The molecule has 0 aliphatic heterocycles. The van der Waals surface area contributed by atoms with Gasteiger partial charge in [-0.25, -0.2) is 9.97 Å². The van der Waals surface area contributed by atoms with Crippen molar-refractivity contribution in [3.05, 3.63) is 16.8 Å². The molecule has 0 bridgehead atoms. The molecular weight excluding hydrogens is 282 g/mol. The fraction of sp³-hybridized carbons (Fsp3) is 0.625. The minimum absolute atomic E-state index is 0.394. The summed E-state index contributed by atoms with van der Waals surface area (Å²) in [6.45, 7) is 9.43. The van der Waals surface area contributed by atoms with Crippen molar-refractivity contribution in [2.24, 2.45) is 0 Å². The smallest absolute Gasteiger partial charge is 0.164 e. The molecule has 5 heteroatoms. The van der Waals surface area contributed by atoms with Crippen molar-refractivity contribution < 1.29 is 4.74 Å². The van der Waals surface area contributed by atoms with Gasteiger partial charge in [0.15, 0.2) is 5.82 Å². The van der Waals surface area contributed by atoms with Crippen LogP contribution in [0.25, 0.3) is 10.2 Å². The van der Waals surface area contributed by atoms with Gasteiger partial charge in [-0.05, 0) is 32.3 Å². The maximum Gasteiger partial charge on any atom is 0.164 e. The monoisotopic (exact) mass is 307 g/mol. The van der Waals surface area contributed by atoms with Crippen LogP contribution in [0.5, 0.6) is 0 Å². The Morgan fingerprint density at radius 1 is 1.24 bits per heavy atom. The van der Waals surface area contributed by atoms with E-state index >= 15 is 0 Å². The lowest BCUT2D eigenvalue weighted by molar-refractivity contribution is -0.0287. The molecule has 0 saturated carbocycles. The molecular formula is C16H25N3OS. The van der Waals surface area contributed by atoms with Crippen molar-refractivity contribution in [3.63, 3.8) is 0 Å². The number of thiophene rings is 1. The molecule has 0 radical (unpaired) electrons. The van der Waals surface area contributed by atoms with Crippen molar-refractivity contribution in [3.8, 4) is 0 Å². The van der Waals surface area contributed by atoms with E-state index in [-0.39, 0.29) is 0 Å². The maximum absolute atomic E-state index is 5.79. The van der Waals surface area contributed by atoms with E-state index in [2.05, 4.69) is 39.1 Å². The molecule has 0 aliphatic carbocycles. The molecule has 0 saturated heterocycles. The van der Waals surface area contributed by atoms with Crippen LogP contribution in [0.3, 0.4) is 0 Å². The lowest BCUT2D eigenvalue weighted by atomic mass is 9.96. The number of aryl methyl sites for hydroxylation is 1. The van der Waals surface area contributed by atoms with E-state index in [0.29, 0.717) is 0 Å². The quantitative estimate of drug-likeness (QED) is 0.819. The van der Waals surface area contributed by atoms with E-state index in [0.717, 1.165) is 47.7 Å². The average Bonchev–Trinajstić information content (AvgIpc) is 2.87. The summed E-state index contributed by atoms with van der Waals surface area (Å²) in [5, 5.41) is 4.55. The Labute approximate surface area is 131 Å². The SMILES string of the molecule is CCCNc1nc(C(CC)(CC)OC)nc2sc(C)cc12. The summed E-state index contributed by atoms with van der Waals surface area (Å²) in [4.78, 5) is 11.9. The van der Waals surface area contributed by atoms with E-state index in [1.165, 1.54) is 4.88 Å². The Kier molecular flexibility index (Phi) is 5.17. The average molecular weight is 307 g/mol. The van der Waals surface area contributed by atoms with Gasteiger partial charge in [0.2, 0.25) is 0 Å². The Morgan fingerprint density at radius 2 is 1.95 bits per heavy atom. The van der Waals surface area contributed by atoms with Gasteiger partial charge in [-0.3, -0.25) is 0 Å². The number of nitrogens with one attached hydrogen (secondary N) is 1. The van der Waals surface area contributed by atoms with E-state index in [4.69, 9.17) is 14.7 Å². The van der Waals surface area contributed by atoms with Gasteiger partial charge in [0.05, 0.1) is 5.39 Å². The van der Waals surface area contributed by atoms with E-state index < -0.39 is 5.60 Å². The van der Waals surface area contributed by atoms with E-state index in [1.54, 1.807) is 18.4 Å². The molecule has 1 N–H and O–H groups in total. The summed E-state index contributed by atoms with van der Waals surface area (Å²) < 4.78 is 5.79. The standard InChI is InChI=1S/C16H25N3OS/c1-6-9-17-13-12-10-11(4)21-14(12)19-15(18-13)16(7-2,8-3)20-5/h10H,6-9H2,1-5H3,(H,17,18,19). The third-order valence-corrected chi connectivity index (χ3v) is 4.94. The minimum Gasteiger partial charge on any atom is -0.370 e. The Morgan fingerprint density at radius 3 is 2.52 bits per heavy atom. The van der Waals surface area contributed by atoms with Gasteiger partial charge in [-0.1, -0.05) is 20.8 Å². The summed E-state index contributed by atoms with van der Waals surface area (Å²) in [5.74, 6) is 1.73. The normalized spacial score (nSPS) is 12.0. The fourth-order valence-corrected chi connectivity index (χ4v) is 3.45. The number of hydrogen-bond acceptors (Lipinski definition) is 5. The minimum atomic E-state index is -0.394. The zero-order chi connectivity index (χ0) is 15.5. The highest BCUT2D eigenvalue weighted by Gasteiger charge is 2.32. The van der Waals surface area contributed by atoms with Gasteiger partial charge in [0, 0.05) is 18.5 Å². The first-order chi connectivity index (χ1) is 10.1. The summed E-state index contributed by atoms with van der Waals surface area (Å²) in [7, 11) is 1.75. The zero-order valence-corrected chi connectivity index (χ0v) is 14.4. The second kappa shape index (κ2) is 6.71. The highest BCUT2D eigenvalue weighted by atomic mass is 32.1. The Hall–Kier alpha value is -1.20. The molecule has 2 aromatic rings. The first kappa shape index (κ1) is 16.2. The molecule has 2 rings (SSSR count). The summed E-state index contributed by atoms with van der Waals surface area (Å²) >= 11 is 1.71. The maximum atomic E-state index is 5.79.